The zero-order valence-electron chi connectivity index (χ0n) is 13.8. The molecule has 3 aromatic carbocycles. The van der Waals surface area contributed by atoms with Crippen molar-refractivity contribution in [2.75, 3.05) is 0 Å². The van der Waals surface area contributed by atoms with Gasteiger partial charge in [0, 0.05) is 5.56 Å². The van der Waals surface area contributed by atoms with Crippen LogP contribution in [0, 0.1) is 0 Å². The molecule has 0 aliphatic rings. The van der Waals surface area contributed by atoms with Crippen LogP contribution in [0.4, 0.5) is 0 Å². The fraction of sp³-hybridized carbons (Fsp3) is 0. The summed E-state index contributed by atoms with van der Waals surface area (Å²) in [6.45, 7) is 0. The first-order valence-electron chi connectivity index (χ1n) is 8.34. The molecule has 25 heavy (non-hydrogen) atoms. The number of aromatic nitrogens is 2. The average Bonchev–Trinajstić information content (AvgIpc) is 3.13. The van der Waals surface area contributed by atoms with Gasteiger partial charge in [-0.2, -0.15) is 5.10 Å². The molecule has 4 aromatic rings. The molecule has 0 bridgehead atoms. The monoisotopic (exact) mass is 322 g/mol. The van der Waals surface area contributed by atoms with E-state index in [9.17, 15) is 0 Å². The molecule has 2 heteroatoms. The SMILES string of the molecule is C(=Cc1cc(-c2ccccc2)nn1-c1ccccc1)c1ccccc1. The summed E-state index contributed by atoms with van der Waals surface area (Å²) < 4.78 is 1.99. The smallest absolute Gasteiger partial charge is 0.0933 e. The number of rotatable bonds is 4. The Morgan fingerprint density at radius 3 is 1.92 bits per heavy atom. The van der Waals surface area contributed by atoms with E-state index in [0.717, 1.165) is 22.6 Å². The summed E-state index contributed by atoms with van der Waals surface area (Å²) in [6.07, 6.45) is 4.23. The summed E-state index contributed by atoms with van der Waals surface area (Å²) in [7, 11) is 0. The van der Waals surface area contributed by atoms with E-state index in [2.05, 4.69) is 54.6 Å². The Labute approximate surface area is 147 Å². The van der Waals surface area contributed by atoms with Gasteiger partial charge >= 0.3 is 0 Å². The Bertz CT molecular complexity index is 969. The lowest BCUT2D eigenvalue weighted by atomic mass is 10.1. The van der Waals surface area contributed by atoms with Gasteiger partial charge in [0.15, 0.2) is 0 Å². The molecule has 0 fully saturated rings. The molecule has 0 spiro atoms. The summed E-state index contributed by atoms with van der Waals surface area (Å²) in [5.41, 5.74) is 5.36. The van der Waals surface area contributed by atoms with Crippen molar-refractivity contribution in [3.63, 3.8) is 0 Å². The molecular weight excluding hydrogens is 304 g/mol. The molecule has 120 valence electrons. The van der Waals surface area contributed by atoms with E-state index in [0.29, 0.717) is 0 Å². The third-order valence-electron chi connectivity index (χ3n) is 4.05. The van der Waals surface area contributed by atoms with Gasteiger partial charge in [0.05, 0.1) is 17.1 Å². The highest BCUT2D eigenvalue weighted by Gasteiger charge is 2.09. The van der Waals surface area contributed by atoms with Gasteiger partial charge in [-0.05, 0) is 29.8 Å². The molecule has 0 unspecified atom stereocenters. The quantitative estimate of drug-likeness (QED) is 0.470. The molecule has 4 rings (SSSR count). The van der Waals surface area contributed by atoms with Crippen LogP contribution in [-0.2, 0) is 0 Å². The fourth-order valence-corrected chi connectivity index (χ4v) is 2.79. The summed E-state index contributed by atoms with van der Waals surface area (Å²) in [6, 6.07) is 32.9. The molecule has 0 aliphatic carbocycles. The van der Waals surface area contributed by atoms with Crippen molar-refractivity contribution in [2.45, 2.75) is 0 Å². The van der Waals surface area contributed by atoms with E-state index in [1.54, 1.807) is 0 Å². The number of hydrogen-bond donors (Lipinski definition) is 0. The summed E-state index contributed by atoms with van der Waals surface area (Å²) in [5, 5.41) is 4.83. The van der Waals surface area contributed by atoms with Crippen LogP contribution in [0.25, 0.3) is 29.1 Å². The topological polar surface area (TPSA) is 17.8 Å². The van der Waals surface area contributed by atoms with Crippen molar-refractivity contribution >= 4 is 12.2 Å². The maximum atomic E-state index is 4.83. The van der Waals surface area contributed by atoms with Gasteiger partial charge in [-0.25, -0.2) is 4.68 Å². The Morgan fingerprint density at radius 2 is 1.24 bits per heavy atom. The first kappa shape index (κ1) is 15.2. The van der Waals surface area contributed by atoms with E-state index < -0.39 is 0 Å². The highest BCUT2D eigenvalue weighted by Crippen LogP contribution is 2.23. The maximum Gasteiger partial charge on any atom is 0.0933 e. The molecule has 1 aromatic heterocycles. The van der Waals surface area contributed by atoms with E-state index >= 15 is 0 Å². The Hall–Kier alpha value is -3.39. The second-order valence-electron chi connectivity index (χ2n) is 5.81. The van der Waals surface area contributed by atoms with Gasteiger partial charge in [0.1, 0.15) is 0 Å². The predicted molar refractivity (Wildman–Crippen MR) is 104 cm³/mol. The molecule has 0 amide bonds. The highest BCUT2D eigenvalue weighted by atomic mass is 15.3. The summed E-state index contributed by atoms with van der Waals surface area (Å²) in [5.74, 6) is 0. The number of hydrogen-bond acceptors (Lipinski definition) is 1. The molecule has 1 heterocycles. The predicted octanol–water partition coefficient (Wildman–Crippen LogP) is 5.71. The average molecular weight is 322 g/mol. The van der Waals surface area contributed by atoms with Crippen molar-refractivity contribution in [1.29, 1.82) is 0 Å². The lowest BCUT2D eigenvalue weighted by molar-refractivity contribution is 0.875. The highest BCUT2D eigenvalue weighted by molar-refractivity contribution is 5.72. The van der Waals surface area contributed by atoms with Crippen LogP contribution in [-0.4, -0.2) is 9.78 Å². The van der Waals surface area contributed by atoms with Gasteiger partial charge in [-0.3, -0.25) is 0 Å². The molecular formula is C23H18N2. The Balaban J connectivity index is 1.78. The normalized spacial score (nSPS) is 11.0. The zero-order chi connectivity index (χ0) is 16.9. The first-order valence-corrected chi connectivity index (χ1v) is 8.34. The minimum Gasteiger partial charge on any atom is -0.233 e. The maximum absolute atomic E-state index is 4.83. The lowest BCUT2D eigenvalue weighted by Crippen LogP contribution is -1.98. The van der Waals surface area contributed by atoms with E-state index in [1.165, 1.54) is 5.56 Å². The van der Waals surface area contributed by atoms with Crippen molar-refractivity contribution in [3.8, 4) is 16.9 Å². The third kappa shape index (κ3) is 3.43. The van der Waals surface area contributed by atoms with Gasteiger partial charge in [0.2, 0.25) is 0 Å². The van der Waals surface area contributed by atoms with Crippen LogP contribution in [0.2, 0.25) is 0 Å². The van der Waals surface area contributed by atoms with Gasteiger partial charge in [0.25, 0.3) is 0 Å². The molecule has 0 saturated carbocycles. The van der Waals surface area contributed by atoms with Crippen LogP contribution in [0.1, 0.15) is 11.3 Å². The molecule has 0 N–H and O–H groups in total. The zero-order valence-corrected chi connectivity index (χ0v) is 13.8. The standard InChI is InChI=1S/C23H18N2/c1-4-10-19(11-5-1)16-17-22-18-23(20-12-6-2-7-13-20)24-25(22)21-14-8-3-9-15-21/h1-18H. The fourth-order valence-electron chi connectivity index (χ4n) is 2.79. The third-order valence-corrected chi connectivity index (χ3v) is 4.05. The van der Waals surface area contributed by atoms with Crippen LogP contribution < -0.4 is 0 Å². The van der Waals surface area contributed by atoms with Gasteiger partial charge in [-0.1, -0.05) is 84.9 Å². The van der Waals surface area contributed by atoms with Crippen molar-refractivity contribution in [1.82, 2.24) is 9.78 Å². The minimum atomic E-state index is 0.970. The van der Waals surface area contributed by atoms with Crippen LogP contribution in [0.3, 0.4) is 0 Å². The second kappa shape index (κ2) is 7.02. The Kier molecular flexibility index (Phi) is 4.25. The summed E-state index contributed by atoms with van der Waals surface area (Å²) in [4.78, 5) is 0. The Morgan fingerprint density at radius 1 is 0.640 bits per heavy atom. The van der Waals surface area contributed by atoms with E-state index in [1.807, 2.05) is 59.3 Å². The molecule has 0 saturated heterocycles. The first-order chi connectivity index (χ1) is 12.4. The molecule has 2 nitrogen and oxygen atoms in total. The van der Waals surface area contributed by atoms with Crippen molar-refractivity contribution in [2.24, 2.45) is 0 Å². The van der Waals surface area contributed by atoms with Gasteiger partial charge in [-0.15, -0.1) is 0 Å². The van der Waals surface area contributed by atoms with Crippen LogP contribution in [0.5, 0.6) is 0 Å². The van der Waals surface area contributed by atoms with E-state index in [4.69, 9.17) is 5.10 Å². The largest absolute Gasteiger partial charge is 0.233 e. The van der Waals surface area contributed by atoms with Gasteiger partial charge < -0.3 is 0 Å². The lowest BCUT2D eigenvalue weighted by Gasteiger charge is -2.04. The second-order valence-corrected chi connectivity index (χ2v) is 5.81. The van der Waals surface area contributed by atoms with Crippen molar-refractivity contribution < 1.29 is 0 Å². The molecule has 0 aliphatic heterocycles. The van der Waals surface area contributed by atoms with Crippen molar-refractivity contribution in [3.05, 3.63) is 108 Å². The number of nitrogens with zero attached hydrogens (tertiary/aromatic N) is 2. The molecule has 0 radical (unpaired) electrons. The number of para-hydroxylation sites is 1. The number of benzene rings is 3. The molecule has 0 atom stereocenters. The van der Waals surface area contributed by atoms with Crippen LogP contribution >= 0.6 is 0 Å². The minimum absolute atomic E-state index is 0.970. The summed E-state index contributed by atoms with van der Waals surface area (Å²) >= 11 is 0. The van der Waals surface area contributed by atoms with Crippen LogP contribution in [0.15, 0.2) is 97.1 Å². The van der Waals surface area contributed by atoms with E-state index in [-0.39, 0.29) is 0 Å².